The first kappa shape index (κ1) is 18.0. The summed E-state index contributed by atoms with van der Waals surface area (Å²) in [4.78, 5) is 23.1. The molecule has 1 atom stereocenters. The number of nitrogens with one attached hydrogen (secondary N) is 1. The third-order valence-corrected chi connectivity index (χ3v) is 5.52. The van der Waals surface area contributed by atoms with Crippen LogP contribution in [0.15, 0.2) is 40.6 Å². The van der Waals surface area contributed by atoms with Gasteiger partial charge in [-0.25, -0.2) is 14.8 Å². The molecule has 7 heteroatoms. The van der Waals surface area contributed by atoms with Crippen molar-refractivity contribution in [2.45, 2.75) is 26.3 Å². The first-order chi connectivity index (χ1) is 13.1. The van der Waals surface area contributed by atoms with E-state index in [2.05, 4.69) is 43.3 Å². The summed E-state index contributed by atoms with van der Waals surface area (Å²) in [5, 5.41) is 3.49. The molecule has 2 aliphatic rings. The van der Waals surface area contributed by atoms with Gasteiger partial charge in [-0.2, -0.15) is 0 Å². The summed E-state index contributed by atoms with van der Waals surface area (Å²) in [6, 6.07) is 6.04. The average molecular weight is 429 g/mol. The number of hydrogen-bond acceptors (Lipinski definition) is 5. The minimum Gasteiger partial charge on any atom is -0.450 e. The molecule has 1 unspecified atom stereocenters. The van der Waals surface area contributed by atoms with E-state index in [0.717, 1.165) is 22.1 Å². The number of aromatic nitrogens is 2. The molecule has 2 aliphatic heterocycles. The Kier molecular flexibility index (Phi) is 4.86. The van der Waals surface area contributed by atoms with Crippen molar-refractivity contribution < 1.29 is 9.53 Å². The predicted octanol–water partition coefficient (Wildman–Crippen LogP) is 4.33. The van der Waals surface area contributed by atoms with Gasteiger partial charge in [-0.05, 0) is 49.6 Å². The molecule has 4 rings (SSSR count). The summed E-state index contributed by atoms with van der Waals surface area (Å²) in [6.45, 7) is 5.31. The highest BCUT2D eigenvalue weighted by atomic mass is 79.9. The third-order valence-electron chi connectivity index (χ3n) is 5.03. The zero-order valence-corrected chi connectivity index (χ0v) is 16.9. The van der Waals surface area contributed by atoms with Crippen molar-refractivity contribution in [2.24, 2.45) is 0 Å². The quantitative estimate of drug-likeness (QED) is 0.770. The molecule has 1 aromatic carbocycles. The van der Waals surface area contributed by atoms with E-state index in [-0.39, 0.29) is 12.1 Å². The Balaban J connectivity index is 1.83. The smallest absolute Gasteiger partial charge is 0.410 e. The molecule has 1 N–H and O–H groups in total. The molecule has 3 heterocycles. The molecule has 0 radical (unpaired) electrons. The molecular formula is C20H21BrN4O2. The number of amides is 1. The van der Waals surface area contributed by atoms with Crippen LogP contribution in [0.4, 0.5) is 10.5 Å². The Morgan fingerprint density at radius 3 is 2.89 bits per heavy atom. The van der Waals surface area contributed by atoms with Gasteiger partial charge in [0, 0.05) is 46.8 Å². The van der Waals surface area contributed by atoms with Crippen LogP contribution in [0, 0.1) is 6.92 Å². The molecule has 0 spiro atoms. The molecule has 1 amide bonds. The fraction of sp³-hybridized carbons (Fsp3) is 0.350. The summed E-state index contributed by atoms with van der Waals surface area (Å²) in [7, 11) is 0. The molecule has 1 aromatic heterocycles. The van der Waals surface area contributed by atoms with Crippen molar-refractivity contribution in [2.75, 3.05) is 25.0 Å². The summed E-state index contributed by atoms with van der Waals surface area (Å²) in [6.07, 6.45) is 4.12. The number of nitrogens with zero attached hydrogens (tertiary/aromatic N) is 3. The summed E-state index contributed by atoms with van der Waals surface area (Å²) < 4.78 is 6.36. The van der Waals surface area contributed by atoms with E-state index in [9.17, 15) is 4.79 Å². The second-order valence-electron chi connectivity index (χ2n) is 6.66. The van der Waals surface area contributed by atoms with Crippen molar-refractivity contribution >= 4 is 33.3 Å². The van der Waals surface area contributed by atoms with E-state index < -0.39 is 0 Å². The molecule has 140 valence electrons. The van der Waals surface area contributed by atoms with E-state index in [0.29, 0.717) is 25.5 Å². The molecule has 0 saturated carbocycles. The Bertz CT molecular complexity index is 911. The molecular weight excluding hydrogens is 408 g/mol. The summed E-state index contributed by atoms with van der Waals surface area (Å²) in [5.74, 6) is 0.711. The van der Waals surface area contributed by atoms with Gasteiger partial charge in [-0.3, -0.25) is 4.90 Å². The zero-order valence-electron chi connectivity index (χ0n) is 15.3. The number of halogens is 1. The van der Waals surface area contributed by atoms with Gasteiger partial charge < -0.3 is 10.1 Å². The minimum atomic E-state index is -0.297. The van der Waals surface area contributed by atoms with Crippen molar-refractivity contribution in [3.05, 3.63) is 57.6 Å². The lowest BCUT2D eigenvalue weighted by atomic mass is 9.83. The van der Waals surface area contributed by atoms with Crippen LogP contribution >= 0.6 is 15.9 Å². The van der Waals surface area contributed by atoms with E-state index in [1.165, 1.54) is 16.7 Å². The van der Waals surface area contributed by atoms with Crippen molar-refractivity contribution in [3.8, 4) is 0 Å². The largest absolute Gasteiger partial charge is 0.450 e. The van der Waals surface area contributed by atoms with Crippen molar-refractivity contribution in [3.63, 3.8) is 0 Å². The number of aryl methyl sites for hydroxylation is 1. The number of hydrogen-bond donors (Lipinski definition) is 1. The van der Waals surface area contributed by atoms with Crippen LogP contribution in [0.5, 0.6) is 0 Å². The Morgan fingerprint density at radius 1 is 1.37 bits per heavy atom. The number of ether oxygens (including phenoxy) is 1. The van der Waals surface area contributed by atoms with Gasteiger partial charge >= 0.3 is 6.09 Å². The Morgan fingerprint density at radius 2 is 2.15 bits per heavy atom. The molecule has 0 saturated heterocycles. The minimum absolute atomic E-state index is 0.229. The van der Waals surface area contributed by atoms with Gasteiger partial charge in [0.1, 0.15) is 5.82 Å². The lowest BCUT2D eigenvalue weighted by Crippen LogP contribution is -2.42. The molecule has 0 fully saturated rings. The van der Waals surface area contributed by atoms with Gasteiger partial charge in [-0.15, -0.1) is 0 Å². The Hall–Kier alpha value is -2.41. The molecule has 2 aromatic rings. The van der Waals surface area contributed by atoms with Crippen LogP contribution in [-0.2, 0) is 4.74 Å². The maximum absolute atomic E-state index is 12.6. The average Bonchev–Trinajstić information content (AvgIpc) is 2.67. The maximum Gasteiger partial charge on any atom is 0.410 e. The zero-order chi connectivity index (χ0) is 19.0. The standard InChI is InChI=1S/C20H21BrN4O2/c1-3-27-20(26)25-7-6-15-16-8-14(21)4-5-18(16)24-11-17(15)19(25)13-9-22-12(2)23-10-13/h4-5,8-10,19,24H,3,6-7,11H2,1-2H3. The highest BCUT2D eigenvalue weighted by molar-refractivity contribution is 9.10. The van der Waals surface area contributed by atoms with Crippen LogP contribution in [0.2, 0.25) is 0 Å². The van der Waals surface area contributed by atoms with Gasteiger partial charge in [0.2, 0.25) is 0 Å². The number of carbonyl (C=O) groups is 1. The van der Waals surface area contributed by atoms with Gasteiger partial charge in [-0.1, -0.05) is 15.9 Å². The van der Waals surface area contributed by atoms with E-state index in [1.807, 2.05) is 32.3 Å². The van der Waals surface area contributed by atoms with Crippen molar-refractivity contribution in [1.82, 2.24) is 14.9 Å². The number of rotatable bonds is 2. The summed E-state index contributed by atoms with van der Waals surface area (Å²) >= 11 is 3.58. The van der Waals surface area contributed by atoms with Gasteiger partial charge in [0.15, 0.2) is 0 Å². The monoisotopic (exact) mass is 428 g/mol. The highest BCUT2D eigenvalue weighted by Crippen LogP contribution is 2.44. The summed E-state index contributed by atoms with van der Waals surface area (Å²) in [5.41, 5.74) is 5.68. The second-order valence-corrected chi connectivity index (χ2v) is 7.57. The predicted molar refractivity (Wildman–Crippen MR) is 107 cm³/mol. The second kappa shape index (κ2) is 7.31. The highest BCUT2D eigenvalue weighted by Gasteiger charge is 2.37. The van der Waals surface area contributed by atoms with E-state index in [4.69, 9.17) is 4.74 Å². The van der Waals surface area contributed by atoms with Crippen LogP contribution in [0.3, 0.4) is 0 Å². The first-order valence-electron chi connectivity index (χ1n) is 9.06. The Labute approximate surface area is 166 Å². The third kappa shape index (κ3) is 3.32. The maximum atomic E-state index is 12.6. The fourth-order valence-electron chi connectivity index (χ4n) is 3.82. The van der Waals surface area contributed by atoms with Gasteiger partial charge in [0.05, 0.1) is 12.6 Å². The number of carbonyl (C=O) groups excluding carboxylic acids is 1. The van der Waals surface area contributed by atoms with E-state index in [1.54, 1.807) is 4.90 Å². The fourth-order valence-corrected chi connectivity index (χ4v) is 4.19. The molecule has 0 bridgehead atoms. The first-order valence-corrected chi connectivity index (χ1v) is 9.85. The van der Waals surface area contributed by atoms with Crippen LogP contribution in [-0.4, -0.2) is 40.7 Å². The SMILES string of the molecule is CCOC(=O)N1CCC2=C(CNc3ccc(Br)cc32)C1c1cnc(C)nc1. The molecule has 27 heavy (non-hydrogen) atoms. The number of anilines is 1. The lowest BCUT2D eigenvalue weighted by Gasteiger charge is -2.40. The van der Waals surface area contributed by atoms with Crippen LogP contribution in [0.1, 0.15) is 36.3 Å². The van der Waals surface area contributed by atoms with Crippen LogP contribution in [0.25, 0.3) is 5.57 Å². The lowest BCUT2D eigenvalue weighted by molar-refractivity contribution is 0.0944. The van der Waals surface area contributed by atoms with E-state index >= 15 is 0 Å². The molecule has 0 aliphatic carbocycles. The number of fused-ring (bicyclic) bond motifs is 2. The van der Waals surface area contributed by atoms with Crippen molar-refractivity contribution in [1.29, 1.82) is 0 Å². The number of benzene rings is 1. The van der Waals surface area contributed by atoms with Gasteiger partial charge in [0.25, 0.3) is 0 Å². The normalized spacial score (nSPS) is 18.5. The van der Waals surface area contributed by atoms with Crippen LogP contribution < -0.4 is 5.32 Å². The molecule has 6 nitrogen and oxygen atoms in total. The topological polar surface area (TPSA) is 67.3 Å².